The van der Waals surface area contributed by atoms with E-state index >= 15 is 0 Å². The lowest BCUT2D eigenvalue weighted by molar-refractivity contribution is 0.219. The van der Waals surface area contributed by atoms with Gasteiger partial charge >= 0.3 is 0 Å². The molecule has 1 N–H and O–H groups in total. The van der Waals surface area contributed by atoms with Crippen molar-refractivity contribution in [1.29, 1.82) is 0 Å². The number of rotatable bonds is 4. The molecule has 5 heteroatoms. The summed E-state index contributed by atoms with van der Waals surface area (Å²) in [5.74, 6) is 1.15. The summed E-state index contributed by atoms with van der Waals surface area (Å²) < 4.78 is 10.4. The maximum absolute atomic E-state index is 10.4. The van der Waals surface area contributed by atoms with E-state index in [0.717, 1.165) is 0 Å². The number of halogens is 2. The van der Waals surface area contributed by atoms with Crippen LogP contribution >= 0.6 is 23.2 Å². The minimum atomic E-state index is -0.862. The van der Waals surface area contributed by atoms with Crippen molar-refractivity contribution in [1.82, 2.24) is 0 Å². The maximum atomic E-state index is 10.4. The summed E-state index contributed by atoms with van der Waals surface area (Å²) in [6.45, 7) is 0. The molecule has 0 saturated carbocycles. The number of ether oxygens (including phenoxy) is 2. The van der Waals surface area contributed by atoms with Crippen LogP contribution in [0.5, 0.6) is 11.5 Å². The molecule has 0 bridgehead atoms. The monoisotopic (exact) mass is 312 g/mol. The van der Waals surface area contributed by atoms with Gasteiger partial charge in [0.15, 0.2) is 11.5 Å². The van der Waals surface area contributed by atoms with Gasteiger partial charge in [0.05, 0.1) is 14.2 Å². The molecule has 0 amide bonds. The normalized spacial score (nSPS) is 12.1. The lowest BCUT2D eigenvalue weighted by Gasteiger charge is -2.15. The standard InChI is InChI=1S/C15H14Cl2O3/c1-19-13-6-3-9(7-14(13)20-2)15(18)11-5-4-10(16)8-12(11)17/h3-8,15,18H,1-2H3/t15-/m1/s1. The number of benzene rings is 2. The topological polar surface area (TPSA) is 38.7 Å². The summed E-state index contributed by atoms with van der Waals surface area (Å²) in [7, 11) is 3.10. The molecule has 0 saturated heterocycles. The van der Waals surface area contributed by atoms with Crippen molar-refractivity contribution >= 4 is 23.2 Å². The Morgan fingerprint density at radius 1 is 0.950 bits per heavy atom. The van der Waals surface area contributed by atoms with Crippen LogP contribution in [-0.4, -0.2) is 19.3 Å². The number of hydrogen-bond acceptors (Lipinski definition) is 3. The predicted molar refractivity (Wildman–Crippen MR) is 80.1 cm³/mol. The number of aliphatic hydroxyl groups is 1. The quantitative estimate of drug-likeness (QED) is 0.924. The van der Waals surface area contributed by atoms with Crippen LogP contribution in [0.15, 0.2) is 36.4 Å². The summed E-state index contributed by atoms with van der Waals surface area (Å²) in [5, 5.41) is 11.4. The van der Waals surface area contributed by atoms with Gasteiger partial charge in [-0.2, -0.15) is 0 Å². The molecule has 0 aliphatic heterocycles. The van der Waals surface area contributed by atoms with E-state index in [1.807, 2.05) is 0 Å². The third kappa shape index (κ3) is 3.01. The van der Waals surface area contributed by atoms with E-state index in [1.54, 1.807) is 50.6 Å². The third-order valence-electron chi connectivity index (χ3n) is 2.98. The first-order valence-electron chi connectivity index (χ1n) is 5.91. The molecular formula is C15H14Cl2O3. The molecule has 2 aromatic rings. The predicted octanol–water partition coefficient (Wildman–Crippen LogP) is 4.09. The molecule has 0 aliphatic rings. The average Bonchev–Trinajstić information content (AvgIpc) is 2.45. The Morgan fingerprint density at radius 3 is 2.25 bits per heavy atom. The second kappa shape index (κ2) is 6.35. The van der Waals surface area contributed by atoms with Crippen LogP contribution in [-0.2, 0) is 0 Å². The fraction of sp³-hybridized carbons (Fsp3) is 0.200. The summed E-state index contributed by atoms with van der Waals surface area (Å²) in [6.07, 6.45) is -0.862. The van der Waals surface area contributed by atoms with E-state index in [-0.39, 0.29) is 0 Å². The van der Waals surface area contributed by atoms with Crippen molar-refractivity contribution in [3.8, 4) is 11.5 Å². The van der Waals surface area contributed by atoms with Crippen LogP contribution in [0.25, 0.3) is 0 Å². The van der Waals surface area contributed by atoms with Crippen molar-refractivity contribution in [2.45, 2.75) is 6.10 Å². The second-order valence-electron chi connectivity index (χ2n) is 4.18. The Morgan fingerprint density at radius 2 is 1.65 bits per heavy atom. The van der Waals surface area contributed by atoms with Crippen LogP contribution in [0.3, 0.4) is 0 Å². The SMILES string of the molecule is COc1ccc([C@@H](O)c2ccc(Cl)cc2Cl)cc1OC. The molecule has 2 rings (SSSR count). The minimum Gasteiger partial charge on any atom is -0.493 e. The van der Waals surface area contributed by atoms with Gasteiger partial charge in [-0.05, 0) is 29.8 Å². The molecule has 1 atom stereocenters. The van der Waals surface area contributed by atoms with Gasteiger partial charge in [-0.25, -0.2) is 0 Å². The van der Waals surface area contributed by atoms with Gasteiger partial charge in [-0.15, -0.1) is 0 Å². The summed E-state index contributed by atoms with van der Waals surface area (Å²) >= 11 is 12.0. The Bertz CT molecular complexity index is 614. The zero-order valence-corrected chi connectivity index (χ0v) is 12.6. The van der Waals surface area contributed by atoms with Crippen molar-refractivity contribution in [2.24, 2.45) is 0 Å². The Hall–Kier alpha value is -1.42. The lowest BCUT2D eigenvalue weighted by Crippen LogP contribution is -2.01. The first kappa shape index (κ1) is 15.0. The highest BCUT2D eigenvalue weighted by molar-refractivity contribution is 6.35. The zero-order valence-electron chi connectivity index (χ0n) is 11.1. The first-order valence-corrected chi connectivity index (χ1v) is 6.67. The largest absolute Gasteiger partial charge is 0.493 e. The minimum absolute atomic E-state index is 0.416. The highest BCUT2D eigenvalue weighted by Gasteiger charge is 2.16. The van der Waals surface area contributed by atoms with Crippen molar-refractivity contribution in [3.63, 3.8) is 0 Å². The summed E-state index contributed by atoms with van der Waals surface area (Å²) in [4.78, 5) is 0. The van der Waals surface area contributed by atoms with Crippen molar-refractivity contribution < 1.29 is 14.6 Å². The number of methoxy groups -OCH3 is 2. The van der Waals surface area contributed by atoms with E-state index in [0.29, 0.717) is 32.7 Å². The molecule has 3 nitrogen and oxygen atoms in total. The van der Waals surface area contributed by atoms with Crippen molar-refractivity contribution in [3.05, 3.63) is 57.6 Å². The molecule has 106 valence electrons. The first-order chi connectivity index (χ1) is 9.56. The van der Waals surface area contributed by atoms with Gasteiger partial charge in [-0.3, -0.25) is 0 Å². The number of aliphatic hydroxyl groups excluding tert-OH is 1. The van der Waals surface area contributed by atoms with E-state index in [1.165, 1.54) is 0 Å². The molecule has 20 heavy (non-hydrogen) atoms. The molecule has 0 spiro atoms. The molecule has 0 aliphatic carbocycles. The molecule has 0 unspecified atom stereocenters. The molecule has 2 aromatic carbocycles. The highest BCUT2D eigenvalue weighted by Crippen LogP contribution is 2.35. The Kier molecular flexibility index (Phi) is 4.76. The smallest absolute Gasteiger partial charge is 0.161 e. The van der Waals surface area contributed by atoms with Gasteiger partial charge in [0, 0.05) is 15.6 Å². The molecule has 0 aromatic heterocycles. The van der Waals surface area contributed by atoms with E-state index in [9.17, 15) is 5.11 Å². The van der Waals surface area contributed by atoms with Crippen LogP contribution in [0.4, 0.5) is 0 Å². The Labute approximate surface area is 127 Å². The molecule has 0 radical (unpaired) electrons. The van der Waals surface area contributed by atoms with Gasteiger partial charge < -0.3 is 14.6 Å². The van der Waals surface area contributed by atoms with E-state index in [2.05, 4.69) is 0 Å². The zero-order chi connectivity index (χ0) is 14.7. The summed E-state index contributed by atoms with van der Waals surface area (Å²) in [6, 6.07) is 10.2. The van der Waals surface area contributed by atoms with Gasteiger partial charge in [0.2, 0.25) is 0 Å². The van der Waals surface area contributed by atoms with Crippen molar-refractivity contribution in [2.75, 3.05) is 14.2 Å². The second-order valence-corrected chi connectivity index (χ2v) is 5.03. The summed E-state index contributed by atoms with van der Waals surface area (Å²) in [5.41, 5.74) is 1.25. The fourth-order valence-corrected chi connectivity index (χ4v) is 2.44. The van der Waals surface area contributed by atoms with Gasteiger partial charge in [-0.1, -0.05) is 35.3 Å². The van der Waals surface area contributed by atoms with E-state index < -0.39 is 6.10 Å². The highest BCUT2D eigenvalue weighted by atomic mass is 35.5. The molecule has 0 fully saturated rings. The lowest BCUT2D eigenvalue weighted by atomic mass is 10.0. The Balaban J connectivity index is 2.40. The fourth-order valence-electron chi connectivity index (χ4n) is 1.93. The van der Waals surface area contributed by atoms with Crippen LogP contribution in [0, 0.1) is 0 Å². The molecular weight excluding hydrogens is 299 g/mol. The van der Waals surface area contributed by atoms with Crippen LogP contribution in [0.2, 0.25) is 10.0 Å². The van der Waals surface area contributed by atoms with Crippen LogP contribution < -0.4 is 9.47 Å². The van der Waals surface area contributed by atoms with Gasteiger partial charge in [0.25, 0.3) is 0 Å². The van der Waals surface area contributed by atoms with E-state index in [4.69, 9.17) is 32.7 Å². The average molecular weight is 313 g/mol. The van der Waals surface area contributed by atoms with Crippen LogP contribution in [0.1, 0.15) is 17.2 Å². The van der Waals surface area contributed by atoms with Gasteiger partial charge in [0.1, 0.15) is 6.10 Å². The maximum Gasteiger partial charge on any atom is 0.161 e. The third-order valence-corrected chi connectivity index (χ3v) is 3.54. The molecule has 0 heterocycles. The number of hydrogen-bond donors (Lipinski definition) is 1.